The van der Waals surface area contributed by atoms with Crippen LogP contribution in [0.15, 0.2) is 35.6 Å². The van der Waals surface area contributed by atoms with E-state index in [2.05, 4.69) is 30.9 Å². The molecule has 1 amide bonds. The number of para-hydroxylation sites is 1. The molecule has 3 aromatic rings. The minimum Gasteiger partial charge on any atom is -0.390 e. The van der Waals surface area contributed by atoms with Gasteiger partial charge in [-0.25, -0.2) is 5.43 Å². The molecule has 134 valence electrons. The van der Waals surface area contributed by atoms with E-state index in [4.69, 9.17) is 0 Å². The molecule has 0 unspecified atom stereocenters. The fourth-order valence-electron chi connectivity index (χ4n) is 2.42. The number of aryl methyl sites for hydroxylation is 1. The highest BCUT2D eigenvalue weighted by molar-refractivity contribution is 5.85. The van der Waals surface area contributed by atoms with Crippen LogP contribution in [0.5, 0.6) is 0 Å². The van der Waals surface area contributed by atoms with Crippen LogP contribution in [-0.4, -0.2) is 41.7 Å². The van der Waals surface area contributed by atoms with E-state index in [0.717, 1.165) is 21.3 Å². The highest BCUT2D eigenvalue weighted by Gasteiger charge is 2.15. The molecule has 0 fully saturated rings. The molecule has 2 N–H and O–H groups in total. The van der Waals surface area contributed by atoms with E-state index < -0.39 is 10.9 Å². The van der Waals surface area contributed by atoms with Gasteiger partial charge in [0.2, 0.25) is 5.91 Å². The van der Waals surface area contributed by atoms with Crippen molar-refractivity contribution in [3.63, 3.8) is 0 Å². The van der Waals surface area contributed by atoms with Crippen LogP contribution in [0.2, 0.25) is 0 Å². The Labute approximate surface area is 147 Å². The number of hydrazone groups is 1. The quantitative estimate of drug-likeness (QED) is 0.369. The number of aromatic nitrogens is 5. The number of nitro groups is 1. The smallest absolute Gasteiger partial charge is 0.390 e. The lowest BCUT2D eigenvalue weighted by Crippen LogP contribution is -2.21. The normalized spacial score (nSPS) is 11.7. The molecule has 0 bridgehead atoms. The first kappa shape index (κ1) is 17.2. The number of benzene rings is 1. The monoisotopic (exact) mass is 356 g/mol. The maximum Gasteiger partial charge on any atom is 0.514 e. The molecule has 3 rings (SSSR count). The fraction of sp³-hybridized carbons (Fsp3) is 0.267. The van der Waals surface area contributed by atoms with Gasteiger partial charge in [-0.3, -0.25) is 4.79 Å². The second-order valence-corrected chi connectivity index (χ2v) is 5.62. The van der Waals surface area contributed by atoms with Crippen LogP contribution >= 0.6 is 0 Å². The Morgan fingerprint density at radius 1 is 1.42 bits per heavy atom. The van der Waals surface area contributed by atoms with Gasteiger partial charge < -0.3 is 15.1 Å². The van der Waals surface area contributed by atoms with E-state index in [1.165, 1.54) is 0 Å². The summed E-state index contributed by atoms with van der Waals surface area (Å²) in [4.78, 5) is 25.9. The number of nitrogens with one attached hydrogen (secondary N) is 2. The van der Waals surface area contributed by atoms with Crippen molar-refractivity contribution in [1.82, 2.24) is 30.6 Å². The Hall–Kier alpha value is -3.63. The summed E-state index contributed by atoms with van der Waals surface area (Å²) >= 11 is 0. The lowest BCUT2D eigenvalue weighted by atomic mass is 10.1. The summed E-state index contributed by atoms with van der Waals surface area (Å²) < 4.78 is 0. The van der Waals surface area contributed by atoms with Crippen molar-refractivity contribution in [3.8, 4) is 0 Å². The Morgan fingerprint density at radius 2 is 2.23 bits per heavy atom. The highest BCUT2D eigenvalue weighted by Crippen LogP contribution is 2.18. The number of hydrogen-bond donors (Lipinski definition) is 2. The number of carbonyl (C=O) groups excluding carboxylic acids is 1. The van der Waals surface area contributed by atoms with Crippen molar-refractivity contribution in [3.05, 3.63) is 46.1 Å². The van der Waals surface area contributed by atoms with E-state index in [9.17, 15) is 14.9 Å². The SMILES string of the molecule is C/C(Cn1nnc([N+](=O)[O-])n1)=N\NC(=O)CCc1c[nH]c2ccccc12. The molecule has 11 nitrogen and oxygen atoms in total. The molecule has 0 aliphatic rings. The number of amides is 1. The summed E-state index contributed by atoms with van der Waals surface area (Å²) in [5, 5.41) is 25.9. The third-order valence-electron chi connectivity index (χ3n) is 3.64. The number of H-pyrrole nitrogens is 1. The van der Waals surface area contributed by atoms with Crippen molar-refractivity contribution < 1.29 is 9.72 Å². The van der Waals surface area contributed by atoms with Gasteiger partial charge in [-0.1, -0.05) is 23.0 Å². The van der Waals surface area contributed by atoms with Gasteiger partial charge in [0.25, 0.3) is 0 Å². The molecule has 0 saturated carbocycles. The summed E-state index contributed by atoms with van der Waals surface area (Å²) in [5.74, 6) is -0.812. The molecular weight excluding hydrogens is 340 g/mol. The molecule has 26 heavy (non-hydrogen) atoms. The number of tetrazole rings is 1. The molecule has 11 heteroatoms. The van der Waals surface area contributed by atoms with Crippen molar-refractivity contribution in [2.45, 2.75) is 26.3 Å². The van der Waals surface area contributed by atoms with Crippen LogP contribution in [-0.2, 0) is 17.8 Å². The average Bonchev–Trinajstić information content (AvgIpc) is 3.25. The third kappa shape index (κ3) is 4.06. The highest BCUT2D eigenvalue weighted by atomic mass is 16.6. The lowest BCUT2D eigenvalue weighted by Gasteiger charge is -2.01. The zero-order valence-electron chi connectivity index (χ0n) is 13.9. The van der Waals surface area contributed by atoms with Crippen LogP contribution in [0.3, 0.4) is 0 Å². The number of nitrogens with zero attached hydrogens (tertiary/aromatic N) is 6. The van der Waals surface area contributed by atoms with Crippen molar-refractivity contribution in [2.24, 2.45) is 5.10 Å². The summed E-state index contributed by atoms with van der Waals surface area (Å²) in [6.45, 7) is 1.73. The van der Waals surface area contributed by atoms with Gasteiger partial charge in [0.1, 0.15) is 6.54 Å². The van der Waals surface area contributed by atoms with Crippen LogP contribution in [0.25, 0.3) is 10.9 Å². The second kappa shape index (κ2) is 7.51. The lowest BCUT2D eigenvalue weighted by molar-refractivity contribution is -0.394. The minimum absolute atomic E-state index is 0.0869. The van der Waals surface area contributed by atoms with Crippen molar-refractivity contribution in [1.29, 1.82) is 0 Å². The molecule has 0 atom stereocenters. The van der Waals surface area contributed by atoms with E-state index in [0.29, 0.717) is 12.1 Å². The zero-order valence-corrected chi connectivity index (χ0v) is 13.9. The molecule has 2 heterocycles. The number of rotatable bonds is 7. The van der Waals surface area contributed by atoms with Gasteiger partial charge in [0, 0.05) is 28.7 Å². The molecule has 0 aliphatic heterocycles. The van der Waals surface area contributed by atoms with Gasteiger partial charge in [0.15, 0.2) is 0 Å². The van der Waals surface area contributed by atoms with E-state index in [1.807, 2.05) is 30.5 Å². The first-order chi connectivity index (χ1) is 12.5. The molecule has 1 aromatic carbocycles. The predicted molar refractivity (Wildman–Crippen MR) is 92.3 cm³/mol. The Bertz CT molecular complexity index is 974. The van der Waals surface area contributed by atoms with Crippen molar-refractivity contribution >= 4 is 28.5 Å². The van der Waals surface area contributed by atoms with Gasteiger partial charge in [-0.05, 0) is 29.9 Å². The molecule has 0 aliphatic carbocycles. The maximum atomic E-state index is 12.0. The second-order valence-electron chi connectivity index (χ2n) is 5.62. The largest absolute Gasteiger partial charge is 0.514 e. The first-order valence-corrected chi connectivity index (χ1v) is 7.82. The van der Waals surface area contributed by atoms with Crippen LogP contribution < -0.4 is 5.43 Å². The van der Waals surface area contributed by atoms with E-state index in [1.54, 1.807) is 6.92 Å². The number of hydrogen-bond acceptors (Lipinski definition) is 7. The van der Waals surface area contributed by atoms with Gasteiger partial charge in [0.05, 0.1) is 15.9 Å². The van der Waals surface area contributed by atoms with Gasteiger partial charge in [-0.2, -0.15) is 5.10 Å². The number of fused-ring (bicyclic) bond motifs is 1. The Kier molecular flexibility index (Phi) is 4.97. The fourth-order valence-corrected chi connectivity index (χ4v) is 2.42. The molecule has 2 aromatic heterocycles. The van der Waals surface area contributed by atoms with E-state index >= 15 is 0 Å². The molecule has 0 radical (unpaired) electrons. The third-order valence-corrected chi connectivity index (χ3v) is 3.64. The Morgan fingerprint density at radius 3 is 3.00 bits per heavy atom. The zero-order chi connectivity index (χ0) is 18.5. The standard InChI is InChI=1S/C15H16N8O3/c1-10(9-22-20-15(19-21-22)23(25)26)17-18-14(24)7-6-11-8-16-13-5-3-2-4-12(11)13/h2-5,8,16H,6-7,9H2,1H3,(H,18,24)/b17-10+. The molecular formula is C15H16N8O3. The van der Waals surface area contributed by atoms with Crippen LogP contribution in [0, 0.1) is 10.1 Å². The summed E-state index contributed by atoms with van der Waals surface area (Å²) in [6.07, 6.45) is 2.77. The number of carbonyl (C=O) groups is 1. The Balaban J connectivity index is 1.51. The average molecular weight is 356 g/mol. The first-order valence-electron chi connectivity index (χ1n) is 7.82. The summed E-state index contributed by atoms with van der Waals surface area (Å²) in [6, 6.07) is 7.89. The van der Waals surface area contributed by atoms with E-state index in [-0.39, 0.29) is 18.9 Å². The van der Waals surface area contributed by atoms with Gasteiger partial charge in [-0.15, -0.1) is 0 Å². The number of aromatic amines is 1. The predicted octanol–water partition coefficient (Wildman–Crippen LogP) is 1.19. The minimum atomic E-state index is -0.734. The van der Waals surface area contributed by atoms with Crippen molar-refractivity contribution in [2.75, 3.05) is 0 Å². The van der Waals surface area contributed by atoms with Crippen LogP contribution in [0.4, 0.5) is 5.95 Å². The topological polar surface area (TPSA) is 144 Å². The molecule has 0 spiro atoms. The summed E-state index contributed by atoms with van der Waals surface area (Å²) in [5.41, 5.74) is 5.04. The maximum absolute atomic E-state index is 12.0. The summed E-state index contributed by atoms with van der Waals surface area (Å²) in [7, 11) is 0. The van der Waals surface area contributed by atoms with Gasteiger partial charge >= 0.3 is 5.95 Å². The van der Waals surface area contributed by atoms with Crippen LogP contribution in [0.1, 0.15) is 18.9 Å². The molecule has 0 saturated heterocycles.